The number of thiocarbonyl (C=S) groups is 1. The summed E-state index contributed by atoms with van der Waals surface area (Å²) in [7, 11) is -3.07. The summed E-state index contributed by atoms with van der Waals surface area (Å²) in [5.74, 6) is -0.271. The highest BCUT2D eigenvalue weighted by Crippen LogP contribution is 2.26. The van der Waals surface area contributed by atoms with Crippen molar-refractivity contribution in [1.82, 2.24) is 5.32 Å². The van der Waals surface area contributed by atoms with Crippen LogP contribution in [-0.4, -0.2) is 37.4 Å². The van der Waals surface area contributed by atoms with E-state index in [9.17, 15) is 13.2 Å². The molecule has 3 N–H and O–H groups in total. The highest BCUT2D eigenvalue weighted by molar-refractivity contribution is 7.91. The minimum atomic E-state index is -3.07. The lowest BCUT2D eigenvalue weighted by Crippen LogP contribution is -2.49. The van der Waals surface area contributed by atoms with Crippen LogP contribution in [0.25, 0.3) is 0 Å². The average molecular weight is 294 g/mol. The van der Waals surface area contributed by atoms with E-state index in [0.717, 1.165) is 0 Å². The van der Waals surface area contributed by atoms with Gasteiger partial charge in [0, 0.05) is 12.3 Å². The van der Waals surface area contributed by atoms with E-state index in [-0.39, 0.29) is 28.9 Å². The molecular weight excluding hydrogens is 272 g/mol. The Morgan fingerprint density at radius 1 is 1.28 bits per heavy atom. The van der Waals surface area contributed by atoms with Gasteiger partial charge in [-0.15, -0.1) is 0 Å². The quantitative estimate of drug-likeness (QED) is 0.641. The predicted octanol–water partition coefficient (Wildman–Crippen LogP) is 0.630. The first-order valence-corrected chi connectivity index (χ1v) is 8.27. The molecule has 0 spiro atoms. The van der Waals surface area contributed by atoms with Crippen LogP contribution < -0.4 is 11.1 Å². The van der Waals surface area contributed by atoms with Crippen LogP contribution in [0.2, 0.25) is 0 Å². The fraction of sp³-hybridized carbons (Fsp3) is 0.818. The van der Waals surface area contributed by atoms with Crippen molar-refractivity contribution < 1.29 is 13.2 Å². The smallest absolute Gasteiger partial charge is 0.233 e. The Labute approximate surface area is 114 Å². The molecule has 0 bridgehead atoms. The van der Waals surface area contributed by atoms with E-state index in [1.54, 1.807) is 6.92 Å². The molecule has 0 fully saturated rings. The van der Waals surface area contributed by atoms with Gasteiger partial charge in [0.25, 0.3) is 0 Å². The first-order chi connectivity index (χ1) is 8.25. The molecule has 0 aliphatic heterocycles. The van der Waals surface area contributed by atoms with Crippen LogP contribution >= 0.6 is 12.2 Å². The van der Waals surface area contributed by atoms with Gasteiger partial charge in [0.2, 0.25) is 5.91 Å². The summed E-state index contributed by atoms with van der Waals surface area (Å²) in [5.41, 5.74) is 4.76. The van der Waals surface area contributed by atoms with Gasteiger partial charge in [-0.1, -0.05) is 33.0 Å². The van der Waals surface area contributed by atoms with E-state index in [4.69, 9.17) is 18.0 Å². The highest BCUT2D eigenvalue weighted by atomic mass is 32.2. The van der Waals surface area contributed by atoms with Crippen LogP contribution in [0.5, 0.6) is 0 Å². The first kappa shape index (κ1) is 17.3. The Morgan fingerprint density at radius 3 is 2.11 bits per heavy atom. The summed E-state index contributed by atoms with van der Waals surface area (Å²) in [5, 5.41) is 2.61. The van der Waals surface area contributed by atoms with Gasteiger partial charge in [-0.05, 0) is 12.8 Å². The largest absolute Gasteiger partial charge is 0.392 e. The zero-order valence-electron chi connectivity index (χ0n) is 11.2. The monoisotopic (exact) mass is 294 g/mol. The van der Waals surface area contributed by atoms with Gasteiger partial charge in [-0.3, -0.25) is 4.79 Å². The second kappa shape index (κ2) is 7.04. The molecule has 0 radical (unpaired) electrons. The van der Waals surface area contributed by atoms with Crippen LogP contribution in [0.1, 0.15) is 33.6 Å². The summed E-state index contributed by atoms with van der Waals surface area (Å²) < 4.78 is 22.6. The van der Waals surface area contributed by atoms with Gasteiger partial charge in [-0.2, -0.15) is 0 Å². The molecule has 0 heterocycles. The van der Waals surface area contributed by atoms with Crippen molar-refractivity contribution in [3.8, 4) is 0 Å². The molecule has 0 aromatic heterocycles. The van der Waals surface area contributed by atoms with Gasteiger partial charge in [0.1, 0.15) is 0 Å². The van der Waals surface area contributed by atoms with E-state index in [2.05, 4.69) is 5.32 Å². The van der Waals surface area contributed by atoms with Crippen molar-refractivity contribution in [2.45, 2.75) is 33.6 Å². The van der Waals surface area contributed by atoms with Crippen LogP contribution in [-0.2, 0) is 14.6 Å². The van der Waals surface area contributed by atoms with Crippen LogP contribution in [0.4, 0.5) is 0 Å². The Morgan fingerprint density at radius 2 is 1.78 bits per heavy atom. The Kier molecular flexibility index (Phi) is 6.77. The summed E-state index contributed by atoms with van der Waals surface area (Å²) in [6.45, 7) is 5.35. The number of amides is 1. The standard InChI is InChI=1S/C11H22N2O3S2/c1-4-11(5-2,9(12)17)10(14)13-7-8-18(15,16)6-3/h4-8H2,1-3H3,(H2,12,17)(H,13,14). The number of carbonyl (C=O) groups is 1. The maximum Gasteiger partial charge on any atom is 0.233 e. The molecule has 0 aromatic rings. The average Bonchev–Trinajstić information content (AvgIpc) is 2.30. The molecule has 0 atom stereocenters. The fourth-order valence-corrected chi connectivity index (χ4v) is 2.75. The van der Waals surface area contributed by atoms with Crippen molar-refractivity contribution in [2.24, 2.45) is 11.1 Å². The number of carbonyl (C=O) groups excluding carboxylic acids is 1. The first-order valence-electron chi connectivity index (χ1n) is 6.04. The number of rotatable bonds is 8. The SMILES string of the molecule is CCC(CC)(C(=O)NCCS(=O)(=O)CC)C(N)=S. The predicted molar refractivity (Wildman–Crippen MR) is 77.1 cm³/mol. The zero-order chi connectivity index (χ0) is 14.4. The third kappa shape index (κ3) is 4.20. The molecule has 0 saturated heterocycles. The minimum absolute atomic E-state index is 0.0594. The third-order valence-corrected chi connectivity index (χ3v) is 5.35. The van der Waals surface area contributed by atoms with Gasteiger partial charge in [-0.25, -0.2) is 8.42 Å². The minimum Gasteiger partial charge on any atom is -0.392 e. The summed E-state index contributed by atoms with van der Waals surface area (Å²) in [6, 6.07) is 0. The summed E-state index contributed by atoms with van der Waals surface area (Å²) in [4.78, 5) is 12.2. The number of hydrogen-bond donors (Lipinski definition) is 2. The lowest BCUT2D eigenvalue weighted by Gasteiger charge is -2.28. The molecule has 0 aliphatic carbocycles. The van der Waals surface area contributed by atoms with Crippen molar-refractivity contribution >= 4 is 33.0 Å². The topological polar surface area (TPSA) is 89.3 Å². The molecule has 0 saturated carbocycles. The maximum absolute atomic E-state index is 12.1. The van der Waals surface area contributed by atoms with E-state index in [1.165, 1.54) is 0 Å². The van der Waals surface area contributed by atoms with Crippen molar-refractivity contribution in [3.05, 3.63) is 0 Å². The number of nitrogens with one attached hydrogen (secondary N) is 1. The van der Waals surface area contributed by atoms with E-state index in [1.807, 2.05) is 13.8 Å². The zero-order valence-corrected chi connectivity index (χ0v) is 12.8. The number of hydrogen-bond acceptors (Lipinski definition) is 4. The van der Waals surface area contributed by atoms with Gasteiger partial charge >= 0.3 is 0 Å². The molecule has 5 nitrogen and oxygen atoms in total. The van der Waals surface area contributed by atoms with E-state index < -0.39 is 15.3 Å². The number of sulfone groups is 1. The Hall–Kier alpha value is -0.690. The van der Waals surface area contributed by atoms with Crippen LogP contribution in [0.15, 0.2) is 0 Å². The summed E-state index contributed by atoms with van der Waals surface area (Å²) in [6.07, 6.45) is 1.01. The van der Waals surface area contributed by atoms with Gasteiger partial charge in [0.05, 0.1) is 16.2 Å². The van der Waals surface area contributed by atoms with Crippen molar-refractivity contribution in [3.63, 3.8) is 0 Å². The molecule has 7 heteroatoms. The summed E-state index contributed by atoms with van der Waals surface area (Å²) >= 11 is 4.95. The maximum atomic E-state index is 12.1. The van der Waals surface area contributed by atoms with Gasteiger partial charge in [0.15, 0.2) is 9.84 Å². The molecule has 0 aliphatic rings. The highest BCUT2D eigenvalue weighted by Gasteiger charge is 2.37. The molecule has 0 unspecified atom stereocenters. The molecule has 1 amide bonds. The van der Waals surface area contributed by atoms with Crippen LogP contribution in [0, 0.1) is 5.41 Å². The van der Waals surface area contributed by atoms with Crippen molar-refractivity contribution in [1.29, 1.82) is 0 Å². The Bertz CT molecular complexity index is 401. The second-order valence-corrected chi connectivity index (χ2v) is 7.06. The molecule has 106 valence electrons. The lowest BCUT2D eigenvalue weighted by atomic mass is 9.81. The lowest BCUT2D eigenvalue weighted by molar-refractivity contribution is -0.127. The number of nitrogens with two attached hydrogens (primary N) is 1. The molecule has 18 heavy (non-hydrogen) atoms. The second-order valence-electron chi connectivity index (χ2n) is 4.15. The fourth-order valence-electron chi connectivity index (χ4n) is 1.67. The third-order valence-electron chi connectivity index (χ3n) is 3.25. The normalized spacial score (nSPS) is 12.2. The molecular formula is C11H22N2O3S2. The van der Waals surface area contributed by atoms with E-state index >= 15 is 0 Å². The van der Waals surface area contributed by atoms with Crippen molar-refractivity contribution in [2.75, 3.05) is 18.1 Å². The van der Waals surface area contributed by atoms with Crippen LogP contribution in [0.3, 0.4) is 0 Å². The molecule has 0 aromatic carbocycles. The van der Waals surface area contributed by atoms with Gasteiger partial charge < -0.3 is 11.1 Å². The molecule has 0 rings (SSSR count). The Balaban J connectivity index is 4.61. The van der Waals surface area contributed by atoms with E-state index in [0.29, 0.717) is 12.8 Å².